The van der Waals surface area contributed by atoms with E-state index < -0.39 is 12.2 Å². The third kappa shape index (κ3) is 4.42. The minimum atomic E-state index is -0.548. The third-order valence-electron chi connectivity index (χ3n) is 4.64. The van der Waals surface area contributed by atoms with Crippen molar-refractivity contribution in [1.29, 1.82) is 0 Å². The molecule has 1 aliphatic carbocycles. The highest BCUT2D eigenvalue weighted by molar-refractivity contribution is 4.88. The second kappa shape index (κ2) is 7.58. The molecule has 1 aliphatic heterocycles. The first-order valence-corrected chi connectivity index (χ1v) is 8.02. The van der Waals surface area contributed by atoms with Gasteiger partial charge < -0.3 is 15.5 Å². The predicted molar refractivity (Wildman–Crippen MR) is 77.1 cm³/mol. The Labute approximate surface area is 117 Å². The minimum Gasteiger partial charge on any atom is -0.389 e. The van der Waals surface area contributed by atoms with E-state index in [-0.39, 0.29) is 0 Å². The van der Waals surface area contributed by atoms with E-state index >= 15 is 0 Å². The summed E-state index contributed by atoms with van der Waals surface area (Å²) in [6.07, 6.45) is 6.67. The summed E-state index contributed by atoms with van der Waals surface area (Å²) in [5.41, 5.74) is 0. The topological polar surface area (TPSA) is 55.7 Å². The molecule has 4 atom stereocenters. The second-order valence-electron chi connectivity index (χ2n) is 6.31. The fourth-order valence-corrected chi connectivity index (χ4v) is 3.53. The molecule has 19 heavy (non-hydrogen) atoms. The summed E-state index contributed by atoms with van der Waals surface area (Å²) in [6.45, 7) is 5.62. The second-order valence-corrected chi connectivity index (χ2v) is 6.31. The summed E-state index contributed by atoms with van der Waals surface area (Å²) in [6, 6.07) is 0.623. The molecule has 4 unspecified atom stereocenters. The Hall–Kier alpha value is -0.160. The van der Waals surface area contributed by atoms with Gasteiger partial charge in [-0.3, -0.25) is 4.90 Å². The molecular formula is C15H30N2O2. The number of aliphatic hydroxyl groups is 2. The van der Waals surface area contributed by atoms with Gasteiger partial charge >= 0.3 is 0 Å². The first-order valence-electron chi connectivity index (χ1n) is 8.02. The molecular weight excluding hydrogens is 240 g/mol. The molecule has 0 aromatic carbocycles. The van der Waals surface area contributed by atoms with Crippen LogP contribution in [0.3, 0.4) is 0 Å². The molecule has 0 radical (unpaired) electrons. The average Bonchev–Trinajstić information content (AvgIpc) is 2.59. The van der Waals surface area contributed by atoms with Crippen LogP contribution in [0.4, 0.5) is 0 Å². The van der Waals surface area contributed by atoms with E-state index in [1.54, 1.807) is 0 Å². The van der Waals surface area contributed by atoms with Gasteiger partial charge in [0.25, 0.3) is 0 Å². The largest absolute Gasteiger partial charge is 0.389 e. The predicted octanol–water partition coefficient (Wildman–Crippen LogP) is 0.972. The zero-order valence-electron chi connectivity index (χ0n) is 12.2. The molecule has 1 saturated carbocycles. The quantitative estimate of drug-likeness (QED) is 0.652. The van der Waals surface area contributed by atoms with Gasteiger partial charge in [-0.25, -0.2) is 0 Å². The number of nitrogens with zero attached hydrogens (tertiary/aromatic N) is 1. The van der Waals surface area contributed by atoms with Crippen LogP contribution in [0.2, 0.25) is 0 Å². The highest BCUT2D eigenvalue weighted by atomic mass is 16.3. The first kappa shape index (κ1) is 15.2. The van der Waals surface area contributed by atoms with Crippen molar-refractivity contribution < 1.29 is 10.2 Å². The molecule has 2 fully saturated rings. The summed E-state index contributed by atoms with van der Waals surface area (Å²) >= 11 is 0. The van der Waals surface area contributed by atoms with E-state index in [1.165, 1.54) is 38.5 Å². The molecule has 0 spiro atoms. The van der Waals surface area contributed by atoms with Gasteiger partial charge in [-0.2, -0.15) is 0 Å². The summed E-state index contributed by atoms with van der Waals surface area (Å²) in [4.78, 5) is 2.24. The maximum atomic E-state index is 9.65. The van der Waals surface area contributed by atoms with E-state index in [2.05, 4.69) is 17.1 Å². The number of likely N-dealkylation sites (tertiary alicyclic amines) is 1. The van der Waals surface area contributed by atoms with Crippen molar-refractivity contribution in [2.45, 2.75) is 63.7 Å². The molecule has 0 aromatic heterocycles. The monoisotopic (exact) mass is 270 g/mol. The average molecular weight is 270 g/mol. The molecule has 112 valence electrons. The van der Waals surface area contributed by atoms with Crippen LogP contribution in [0.1, 0.15) is 45.4 Å². The summed E-state index contributed by atoms with van der Waals surface area (Å²) in [5.74, 6) is 0.673. The zero-order chi connectivity index (χ0) is 13.7. The van der Waals surface area contributed by atoms with Crippen LogP contribution >= 0.6 is 0 Å². The number of rotatable bonds is 5. The Balaban J connectivity index is 1.86. The summed E-state index contributed by atoms with van der Waals surface area (Å²) < 4.78 is 0. The number of aliphatic hydroxyl groups excluding tert-OH is 2. The standard InChI is InChI=1S/C15H30N2O2/c1-2-8-16-13-7-5-3-4-6-12(13)9-17-10-14(18)15(19)11-17/h12-16,18-19H,2-11H2,1H3. The van der Waals surface area contributed by atoms with Gasteiger partial charge in [0.15, 0.2) is 0 Å². The molecule has 0 amide bonds. The lowest BCUT2D eigenvalue weighted by Gasteiger charge is -2.30. The van der Waals surface area contributed by atoms with Crippen molar-refractivity contribution in [3.05, 3.63) is 0 Å². The number of β-amino-alcohol motifs (C(OH)–C–C–N with tert-alkyl or cyclic N) is 2. The Kier molecular flexibility index (Phi) is 6.07. The van der Waals surface area contributed by atoms with E-state index in [0.29, 0.717) is 25.0 Å². The van der Waals surface area contributed by atoms with Gasteiger partial charge in [-0.15, -0.1) is 0 Å². The van der Waals surface area contributed by atoms with E-state index in [9.17, 15) is 10.2 Å². The zero-order valence-corrected chi connectivity index (χ0v) is 12.2. The molecule has 4 heteroatoms. The minimum absolute atomic E-state index is 0.548. The maximum Gasteiger partial charge on any atom is 0.0938 e. The van der Waals surface area contributed by atoms with Gasteiger partial charge in [-0.05, 0) is 31.7 Å². The molecule has 0 bridgehead atoms. The lowest BCUT2D eigenvalue weighted by molar-refractivity contribution is 0.0572. The van der Waals surface area contributed by atoms with Gasteiger partial charge in [0.2, 0.25) is 0 Å². The van der Waals surface area contributed by atoms with Crippen molar-refractivity contribution >= 4 is 0 Å². The number of hydrogen-bond acceptors (Lipinski definition) is 4. The van der Waals surface area contributed by atoms with Crippen molar-refractivity contribution in [1.82, 2.24) is 10.2 Å². The normalized spacial score (nSPS) is 37.4. The Morgan fingerprint density at radius 2 is 1.74 bits per heavy atom. The maximum absolute atomic E-state index is 9.65. The van der Waals surface area contributed by atoms with Gasteiger partial charge in [0, 0.05) is 25.7 Å². The summed E-state index contributed by atoms with van der Waals surface area (Å²) in [7, 11) is 0. The highest BCUT2D eigenvalue weighted by Gasteiger charge is 2.32. The van der Waals surface area contributed by atoms with E-state index in [0.717, 1.165) is 13.1 Å². The molecule has 1 saturated heterocycles. The third-order valence-corrected chi connectivity index (χ3v) is 4.64. The van der Waals surface area contributed by atoms with Crippen LogP contribution in [0.15, 0.2) is 0 Å². The number of hydrogen-bond donors (Lipinski definition) is 3. The molecule has 3 N–H and O–H groups in total. The first-order chi connectivity index (χ1) is 9.20. The molecule has 2 aliphatic rings. The molecule has 1 heterocycles. The molecule has 0 aromatic rings. The van der Waals surface area contributed by atoms with Crippen molar-refractivity contribution in [2.24, 2.45) is 5.92 Å². The van der Waals surface area contributed by atoms with Crippen LogP contribution < -0.4 is 5.32 Å². The van der Waals surface area contributed by atoms with Crippen LogP contribution in [0, 0.1) is 5.92 Å². The van der Waals surface area contributed by atoms with Crippen molar-refractivity contribution in [3.63, 3.8) is 0 Å². The van der Waals surface area contributed by atoms with Crippen LogP contribution in [-0.2, 0) is 0 Å². The fraction of sp³-hybridized carbons (Fsp3) is 1.00. The van der Waals surface area contributed by atoms with E-state index in [1.807, 2.05) is 0 Å². The smallest absolute Gasteiger partial charge is 0.0938 e. The van der Waals surface area contributed by atoms with E-state index in [4.69, 9.17) is 0 Å². The lowest BCUT2D eigenvalue weighted by Crippen LogP contribution is -2.42. The Morgan fingerprint density at radius 3 is 2.42 bits per heavy atom. The van der Waals surface area contributed by atoms with Crippen LogP contribution in [0.5, 0.6) is 0 Å². The molecule has 2 rings (SSSR count). The van der Waals surface area contributed by atoms with Crippen molar-refractivity contribution in [3.8, 4) is 0 Å². The van der Waals surface area contributed by atoms with Crippen LogP contribution in [0.25, 0.3) is 0 Å². The fourth-order valence-electron chi connectivity index (χ4n) is 3.53. The van der Waals surface area contributed by atoms with Gasteiger partial charge in [0.1, 0.15) is 0 Å². The van der Waals surface area contributed by atoms with Crippen LogP contribution in [-0.4, -0.2) is 59.5 Å². The Morgan fingerprint density at radius 1 is 1.05 bits per heavy atom. The lowest BCUT2D eigenvalue weighted by atomic mass is 9.94. The Bertz CT molecular complexity index is 253. The SMILES string of the molecule is CCCNC1CCCCCC1CN1CC(O)C(O)C1. The molecule has 4 nitrogen and oxygen atoms in total. The number of nitrogens with one attached hydrogen (secondary N) is 1. The summed E-state index contributed by atoms with van der Waals surface area (Å²) in [5, 5.41) is 23.0. The van der Waals surface area contributed by atoms with Gasteiger partial charge in [-0.1, -0.05) is 26.2 Å². The van der Waals surface area contributed by atoms with Crippen molar-refractivity contribution in [2.75, 3.05) is 26.2 Å². The highest BCUT2D eigenvalue weighted by Crippen LogP contribution is 2.25. The van der Waals surface area contributed by atoms with Gasteiger partial charge in [0.05, 0.1) is 12.2 Å².